The summed E-state index contributed by atoms with van der Waals surface area (Å²) in [6, 6.07) is 12.6. The molecule has 1 unspecified atom stereocenters. The summed E-state index contributed by atoms with van der Waals surface area (Å²) in [7, 11) is 1.69. The third-order valence-electron chi connectivity index (χ3n) is 3.81. The first-order valence-corrected chi connectivity index (χ1v) is 8.62. The van der Waals surface area contributed by atoms with Crippen LogP contribution in [0.5, 0.6) is 0 Å². The number of nitrogens with zero attached hydrogens (tertiary/aromatic N) is 1. The molecule has 124 valence electrons. The van der Waals surface area contributed by atoms with Crippen molar-refractivity contribution in [2.45, 2.75) is 6.54 Å². The molecule has 7 heteroatoms. The first kappa shape index (κ1) is 16.9. The number of aryl methyl sites for hydroxylation is 1. The number of halogens is 1. The maximum atomic E-state index is 12.3. The number of pyridine rings is 1. The summed E-state index contributed by atoms with van der Waals surface area (Å²) in [4.78, 5) is 12.3. The molecule has 1 N–H and O–H groups in total. The molecule has 3 aromatic rings. The van der Waals surface area contributed by atoms with Crippen LogP contribution in [0.1, 0.15) is 5.56 Å². The highest BCUT2D eigenvalue weighted by atomic mass is 35.5. The Morgan fingerprint density at radius 3 is 2.58 bits per heavy atom. The molecule has 24 heavy (non-hydrogen) atoms. The predicted octanol–water partition coefficient (Wildman–Crippen LogP) is 2.74. The Morgan fingerprint density at radius 2 is 1.88 bits per heavy atom. The number of hydrogen-bond acceptors (Lipinski definition) is 3. The minimum absolute atomic E-state index is 0.0787. The molecule has 1 aromatic heterocycles. The van der Waals surface area contributed by atoms with Crippen molar-refractivity contribution in [3.63, 3.8) is 0 Å². The molecule has 1 heterocycles. The van der Waals surface area contributed by atoms with E-state index in [9.17, 15) is 13.6 Å². The van der Waals surface area contributed by atoms with Crippen LogP contribution in [0.15, 0.2) is 53.5 Å². The van der Waals surface area contributed by atoms with E-state index in [0.717, 1.165) is 22.1 Å². The molecule has 0 spiro atoms. The van der Waals surface area contributed by atoms with Crippen LogP contribution < -0.4 is 10.3 Å². The summed E-state index contributed by atoms with van der Waals surface area (Å²) < 4.78 is 25.2. The number of nitrogens with one attached hydrogen (secondary N) is 1. The van der Waals surface area contributed by atoms with Crippen molar-refractivity contribution in [1.82, 2.24) is 9.29 Å². The standard InChI is InChI=1S/C17H15ClN2O3S/c1-20-10-15(12-4-2-3-5-13(12)17(20)21)14-8-11(6-7-16(14)18)9-19-24(22)23/h2-8,10,19H,9H2,1H3,(H,22,23)/p-1. The SMILES string of the molecule is Cn1cc(-c2cc(CNS(=O)[O-])ccc2Cl)c2ccccc2c1=O. The van der Waals surface area contributed by atoms with E-state index in [0.29, 0.717) is 10.4 Å². The Kier molecular flexibility index (Phi) is 4.82. The topological polar surface area (TPSA) is 74.2 Å². The Morgan fingerprint density at radius 1 is 1.17 bits per heavy atom. The highest BCUT2D eigenvalue weighted by Crippen LogP contribution is 2.33. The molecule has 0 amide bonds. The van der Waals surface area contributed by atoms with E-state index in [-0.39, 0.29) is 12.1 Å². The van der Waals surface area contributed by atoms with Gasteiger partial charge in [-0.3, -0.25) is 9.00 Å². The second-order valence-electron chi connectivity index (χ2n) is 5.37. The summed E-state index contributed by atoms with van der Waals surface area (Å²) in [6.07, 6.45) is 1.74. The van der Waals surface area contributed by atoms with Gasteiger partial charge >= 0.3 is 0 Å². The number of fused-ring (bicyclic) bond motifs is 1. The predicted molar refractivity (Wildman–Crippen MR) is 95.4 cm³/mol. The number of benzene rings is 2. The van der Waals surface area contributed by atoms with Gasteiger partial charge in [0.25, 0.3) is 5.56 Å². The van der Waals surface area contributed by atoms with Gasteiger partial charge in [0.15, 0.2) is 0 Å². The number of aromatic nitrogens is 1. The molecule has 1 atom stereocenters. The fraction of sp³-hybridized carbons (Fsp3) is 0.118. The summed E-state index contributed by atoms with van der Waals surface area (Å²) >= 11 is 4.03. The van der Waals surface area contributed by atoms with Gasteiger partial charge in [0.1, 0.15) is 0 Å². The Balaban J connectivity index is 2.20. The lowest BCUT2D eigenvalue weighted by Gasteiger charge is -2.13. The van der Waals surface area contributed by atoms with Crippen LogP contribution >= 0.6 is 11.6 Å². The van der Waals surface area contributed by atoms with Crippen molar-refractivity contribution in [2.75, 3.05) is 0 Å². The zero-order chi connectivity index (χ0) is 17.3. The van der Waals surface area contributed by atoms with Crippen molar-refractivity contribution < 1.29 is 8.76 Å². The number of rotatable bonds is 4. The van der Waals surface area contributed by atoms with Crippen molar-refractivity contribution >= 4 is 33.6 Å². The zero-order valence-corrected chi connectivity index (χ0v) is 14.4. The van der Waals surface area contributed by atoms with Gasteiger partial charge in [-0.25, -0.2) is 4.72 Å². The van der Waals surface area contributed by atoms with Crippen LogP contribution in [-0.4, -0.2) is 13.3 Å². The van der Waals surface area contributed by atoms with E-state index < -0.39 is 11.3 Å². The molecule has 0 aliphatic rings. The minimum Gasteiger partial charge on any atom is -0.760 e. The molecule has 0 aliphatic carbocycles. The average molecular weight is 362 g/mol. The van der Waals surface area contributed by atoms with Crippen LogP contribution in [0.4, 0.5) is 0 Å². The monoisotopic (exact) mass is 361 g/mol. The van der Waals surface area contributed by atoms with Gasteiger partial charge in [-0.15, -0.1) is 0 Å². The molecule has 0 saturated heterocycles. The quantitative estimate of drug-likeness (QED) is 0.726. The van der Waals surface area contributed by atoms with E-state index in [4.69, 9.17) is 11.6 Å². The molecule has 2 aromatic carbocycles. The third-order valence-corrected chi connectivity index (χ3v) is 4.52. The lowest BCUT2D eigenvalue weighted by molar-refractivity contribution is 0.522. The summed E-state index contributed by atoms with van der Waals surface area (Å²) in [5.41, 5.74) is 2.27. The van der Waals surface area contributed by atoms with Gasteiger partial charge in [-0.05, 0) is 29.1 Å². The van der Waals surface area contributed by atoms with E-state index >= 15 is 0 Å². The van der Waals surface area contributed by atoms with Crippen molar-refractivity contribution in [1.29, 1.82) is 0 Å². The van der Waals surface area contributed by atoms with Gasteiger partial charge in [0, 0.05) is 52.6 Å². The molecule has 0 saturated carbocycles. The second kappa shape index (κ2) is 6.86. The first-order valence-electron chi connectivity index (χ1n) is 7.17. The first-order chi connectivity index (χ1) is 11.5. The van der Waals surface area contributed by atoms with Gasteiger partial charge in [0.05, 0.1) is 0 Å². The Labute approximate surface area is 146 Å². The minimum atomic E-state index is -2.33. The van der Waals surface area contributed by atoms with Gasteiger partial charge in [-0.1, -0.05) is 35.9 Å². The van der Waals surface area contributed by atoms with Crippen LogP contribution in [0.3, 0.4) is 0 Å². The molecular formula is C17H14ClN2O3S-. The van der Waals surface area contributed by atoms with E-state index in [1.807, 2.05) is 24.3 Å². The van der Waals surface area contributed by atoms with Gasteiger partial charge in [0.2, 0.25) is 0 Å². The van der Waals surface area contributed by atoms with Gasteiger partial charge < -0.3 is 9.12 Å². The molecule has 0 fully saturated rings. The van der Waals surface area contributed by atoms with Crippen molar-refractivity contribution in [3.8, 4) is 11.1 Å². The molecule has 3 rings (SSSR count). The summed E-state index contributed by atoms with van der Waals surface area (Å²) in [5.74, 6) is 0. The second-order valence-corrected chi connectivity index (χ2v) is 6.54. The third kappa shape index (κ3) is 3.27. The Bertz CT molecular complexity index is 1000. The molecule has 0 bridgehead atoms. The highest BCUT2D eigenvalue weighted by Gasteiger charge is 2.12. The molecular weight excluding hydrogens is 348 g/mol. The highest BCUT2D eigenvalue weighted by molar-refractivity contribution is 7.77. The maximum absolute atomic E-state index is 12.3. The maximum Gasteiger partial charge on any atom is 0.258 e. The molecule has 5 nitrogen and oxygen atoms in total. The van der Waals surface area contributed by atoms with Crippen LogP contribution in [-0.2, 0) is 24.9 Å². The summed E-state index contributed by atoms with van der Waals surface area (Å²) in [5, 5.41) is 1.95. The lowest BCUT2D eigenvalue weighted by atomic mass is 9.99. The van der Waals surface area contributed by atoms with Crippen molar-refractivity contribution in [3.05, 3.63) is 69.6 Å². The normalized spacial score (nSPS) is 12.5. The largest absolute Gasteiger partial charge is 0.760 e. The van der Waals surface area contributed by atoms with Crippen LogP contribution in [0, 0.1) is 0 Å². The fourth-order valence-electron chi connectivity index (χ4n) is 2.66. The summed E-state index contributed by atoms with van der Waals surface area (Å²) in [6.45, 7) is 0.171. The lowest BCUT2D eigenvalue weighted by Crippen LogP contribution is -2.17. The van der Waals surface area contributed by atoms with E-state index in [2.05, 4.69) is 4.72 Å². The zero-order valence-electron chi connectivity index (χ0n) is 12.8. The smallest absolute Gasteiger partial charge is 0.258 e. The molecule has 0 aliphatic heterocycles. The Hall–Kier alpha value is -1.99. The van der Waals surface area contributed by atoms with Crippen LogP contribution in [0.25, 0.3) is 21.9 Å². The fourth-order valence-corrected chi connectivity index (χ4v) is 3.17. The van der Waals surface area contributed by atoms with Crippen LogP contribution in [0.2, 0.25) is 5.02 Å². The average Bonchev–Trinajstić information content (AvgIpc) is 2.57. The molecule has 0 radical (unpaired) electrons. The van der Waals surface area contributed by atoms with E-state index in [1.165, 1.54) is 4.57 Å². The number of hydrogen-bond donors (Lipinski definition) is 1. The van der Waals surface area contributed by atoms with Crippen molar-refractivity contribution in [2.24, 2.45) is 7.05 Å². The van der Waals surface area contributed by atoms with Gasteiger partial charge in [-0.2, -0.15) is 0 Å². The van der Waals surface area contributed by atoms with E-state index in [1.54, 1.807) is 31.4 Å².